The summed E-state index contributed by atoms with van der Waals surface area (Å²) in [7, 11) is 1.94. The fourth-order valence-corrected chi connectivity index (χ4v) is 2.71. The molecule has 18 heavy (non-hydrogen) atoms. The van der Waals surface area contributed by atoms with Crippen LogP contribution in [0.15, 0.2) is 12.1 Å². The second-order valence-electron chi connectivity index (χ2n) is 5.13. The van der Waals surface area contributed by atoms with Gasteiger partial charge in [-0.3, -0.25) is 0 Å². The highest BCUT2D eigenvalue weighted by atomic mass is 19.1. The van der Waals surface area contributed by atoms with Gasteiger partial charge in [-0.05, 0) is 37.9 Å². The molecule has 1 N–H and O–H groups in total. The molecule has 1 fully saturated rings. The van der Waals surface area contributed by atoms with E-state index in [9.17, 15) is 8.78 Å². The minimum atomic E-state index is -0.465. The van der Waals surface area contributed by atoms with Crippen molar-refractivity contribution < 1.29 is 8.78 Å². The molecule has 0 aromatic heterocycles. The van der Waals surface area contributed by atoms with Crippen molar-refractivity contribution in [2.24, 2.45) is 5.92 Å². The molecule has 0 spiro atoms. The molecular formula is C14H20F2N2. The van der Waals surface area contributed by atoms with Crippen molar-refractivity contribution in [3.8, 4) is 0 Å². The SMILES string of the molecule is CNC1CCN(c2c(F)ccc(C)c2F)CC1C. The van der Waals surface area contributed by atoms with Crippen LogP contribution in [0.5, 0.6) is 0 Å². The van der Waals surface area contributed by atoms with Gasteiger partial charge in [-0.15, -0.1) is 0 Å². The number of rotatable bonds is 2. The Bertz CT molecular complexity index is 434. The van der Waals surface area contributed by atoms with Gasteiger partial charge in [0.05, 0.1) is 0 Å². The third kappa shape index (κ3) is 2.34. The molecule has 1 aliphatic heterocycles. The Morgan fingerprint density at radius 2 is 2.06 bits per heavy atom. The molecule has 0 aliphatic carbocycles. The van der Waals surface area contributed by atoms with Gasteiger partial charge in [0.15, 0.2) is 5.82 Å². The van der Waals surface area contributed by atoms with E-state index in [1.807, 2.05) is 11.9 Å². The fourth-order valence-electron chi connectivity index (χ4n) is 2.71. The second kappa shape index (κ2) is 5.22. The number of halogens is 2. The summed E-state index contributed by atoms with van der Waals surface area (Å²) in [5.74, 6) is -0.513. The molecule has 1 aliphatic rings. The average molecular weight is 254 g/mol. The van der Waals surface area contributed by atoms with Gasteiger partial charge in [0, 0.05) is 19.1 Å². The van der Waals surface area contributed by atoms with E-state index in [0.29, 0.717) is 30.6 Å². The van der Waals surface area contributed by atoms with Crippen LogP contribution in [0.2, 0.25) is 0 Å². The lowest BCUT2D eigenvalue weighted by atomic mass is 9.93. The van der Waals surface area contributed by atoms with E-state index in [0.717, 1.165) is 6.42 Å². The highest BCUT2D eigenvalue weighted by Gasteiger charge is 2.28. The van der Waals surface area contributed by atoms with Gasteiger partial charge in [0.25, 0.3) is 0 Å². The number of nitrogens with zero attached hydrogens (tertiary/aromatic N) is 1. The third-order valence-corrected chi connectivity index (χ3v) is 3.85. The molecule has 1 aromatic rings. The molecule has 2 nitrogen and oxygen atoms in total. The van der Waals surface area contributed by atoms with Gasteiger partial charge in [-0.1, -0.05) is 13.0 Å². The number of piperidine rings is 1. The molecule has 0 saturated carbocycles. The number of aryl methyl sites for hydroxylation is 1. The maximum atomic E-state index is 14.1. The van der Waals surface area contributed by atoms with Crippen molar-refractivity contribution in [2.75, 3.05) is 25.0 Å². The third-order valence-electron chi connectivity index (χ3n) is 3.85. The first-order valence-electron chi connectivity index (χ1n) is 6.41. The second-order valence-corrected chi connectivity index (χ2v) is 5.13. The molecule has 0 bridgehead atoms. The lowest BCUT2D eigenvalue weighted by Crippen LogP contribution is -2.47. The van der Waals surface area contributed by atoms with Crippen molar-refractivity contribution in [3.05, 3.63) is 29.3 Å². The zero-order valence-electron chi connectivity index (χ0n) is 11.1. The normalized spacial score (nSPS) is 24.4. The van der Waals surface area contributed by atoms with E-state index in [1.165, 1.54) is 12.1 Å². The Morgan fingerprint density at radius 3 is 2.67 bits per heavy atom. The van der Waals surface area contributed by atoms with Crippen LogP contribution >= 0.6 is 0 Å². The highest BCUT2D eigenvalue weighted by Crippen LogP contribution is 2.29. The summed E-state index contributed by atoms with van der Waals surface area (Å²) >= 11 is 0. The standard InChI is InChI=1S/C14H20F2N2/c1-9-4-5-11(15)14(13(9)16)18-7-6-12(17-3)10(2)8-18/h4-5,10,12,17H,6-8H2,1-3H3. The van der Waals surface area contributed by atoms with Crippen LogP contribution in [0.25, 0.3) is 0 Å². The minimum Gasteiger partial charge on any atom is -0.366 e. The molecular weight excluding hydrogens is 234 g/mol. The van der Waals surface area contributed by atoms with Gasteiger partial charge >= 0.3 is 0 Å². The first-order chi connectivity index (χ1) is 8.54. The molecule has 1 aromatic carbocycles. The van der Waals surface area contributed by atoms with Crippen LogP contribution in [0.3, 0.4) is 0 Å². The van der Waals surface area contributed by atoms with Crippen LogP contribution < -0.4 is 10.2 Å². The van der Waals surface area contributed by atoms with Crippen molar-refractivity contribution in [2.45, 2.75) is 26.3 Å². The molecule has 2 unspecified atom stereocenters. The van der Waals surface area contributed by atoms with Crippen molar-refractivity contribution >= 4 is 5.69 Å². The quantitative estimate of drug-likeness (QED) is 0.873. The Labute approximate surface area is 107 Å². The van der Waals surface area contributed by atoms with Crippen LogP contribution in [-0.2, 0) is 0 Å². The number of nitrogens with one attached hydrogen (secondary N) is 1. The number of hydrogen-bond donors (Lipinski definition) is 1. The minimum absolute atomic E-state index is 0.136. The van der Waals surface area contributed by atoms with E-state index >= 15 is 0 Å². The van der Waals surface area contributed by atoms with Crippen molar-refractivity contribution in [1.82, 2.24) is 5.32 Å². The first-order valence-corrected chi connectivity index (χ1v) is 6.41. The van der Waals surface area contributed by atoms with E-state index in [2.05, 4.69) is 12.2 Å². The lowest BCUT2D eigenvalue weighted by molar-refractivity contribution is 0.335. The monoisotopic (exact) mass is 254 g/mol. The Hall–Kier alpha value is -1.16. The summed E-state index contributed by atoms with van der Waals surface area (Å²) in [6, 6.07) is 3.26. The largest absolute Gasteiger partial charge is 0.366 e. The van der Waals surface area contributed by atoms with Crippen LogP contribution in [0.1, 0.15) is 18.9 Å². The van der Waals surface area contributed by atoms with Crippen molar-refractivity contribution in [1.29, 1.82) is 0 Å². The van der Waals surface area contributed by atoms with Crippen LogP contribution in [0.4, 0.5) is 14.5 Å². The van der Waals surface area contributed by atoms with Gasteiger partial charge in [-0.25, -0.2) is 8.78 Å². The topological polar surface area (TPSA) is 15.3 Å². The smallest absolute Gasteiger partial charge is 0.152 e. The van der Waals surface area contributed by atoms with Crippen LogP contribution in [-0.4, -0.2) is 26.2 Å². The molecule has 1 heterocycles. The van der Waals surface area contributed by atoms with E-state index in [4.69, 9.17) is 0 Å². The number of hydrogen-bond acceptors (Lipinski definition) is 2. The summed E-state index contributed by atoms with van der Waals surface area (Å²) < 4.78 is 27.9. The zero-order chi connectivity index (χ0) is 13.3. The lowest BCUT2D eigenvalue weighted by Gasteiger charge is -2.38. The maximum Gasteiger partial charge on any atom is 0.152 e. The van der Waals surface area contributed by atoms with Gasteiger partial charge in [0.2, 0.25) is 0 Å². The summed E-state index contributed by atoms with van der Waals surface area (Å²) in [4.78, 5) is 1.83. The van der Waals surface area contributed by atoms with E-state index < -0.39 is 11.6 Å². The Balaban J connectivity index is 2.26. The fraction of sp³-hybridized carbons (Fsp3) is 0.571. The molecule has 2 rings (SSSR count). The predicted octanol–water partition coefficient (Wildman–Crippen LogP) is 2.71. The van der Waals surface area contributed by atoms with Crippen molar-refractivity contribution in [3.63, 3.8) is 0 Å². The van der Waals surface area contributed by atoms with E-state index in [-0.39, 0.29) is 5.69 Å². The molecule has 4 heteroatoms. The predicted molar refractivity (Wildman–Crippen MR) is 69.9 cm³/mol. The molecule has 100 valence electrons. The first kappa shape index (κ1) is 13.3. The Kier molecular flexibility index (Phi) is 3.85. The molecule has 0 amide bonds. The van der Waals surface area contributed by atoms with Gasteiger partial charge in [-0.2, -0.15) is 0 Å². The summed E-state index contributed by atoms with van der Waals surface area (Å²) in [6.45, 7) is 5.15. The summed E-state index contributed by atoms with van der Waals surface area (Å²) in [5, 5.41) is 3.25. The average Bonchev–Trinajstić information content (AvgIpc) is 2.35. The number of benzene rings is 1. The van der Waals surface area contributed by atoms with E-state index in [1.54, 1.807) is 6.92 Å². The van der Waals surface area contributed by atoms with Crippen LogP contribution in [0, 0.1) is 24.5 Å². The maximum absolute atomic E-state index is 14.1. The highest BCUT2D eigenvalue weighted by molar-refractivity contribution is 5.52. The molecule has 0 radical (unpaired) electrons. The molecule has 2 atom stereocenters. The molecule has 1 saturated heterocycles. The van der Waals surface area contributed by atoms with Gasteiger partial charge < -0.3 is 10.2 Å². The zero-order valence-corrected chi connectivity index (χ0v) is 11.1. The van der Waals surface area contributed by atoms with Gasteiger partial charge in [0.1, 0.15) is 11.5 Å². The summed E-state index contributed by atoms with van der Waals surface area (Å²) in [5.41, 5.74) is 0.631. The Morgan fingerprint density at radius 1 is 1.33 bits per heavy atom. The number of anilines is 1. The summed E-state index contributed by atoms with van der Waals surface area (Å²) in [6.07, 6.45) is 0.907.